The summed E-state index contributed by atoms with van der Waals surface area (Å²) in [6.07, 6.45) is 3.18. The molecule has 100 valence electrons. The second kappa shape index (κ2) is 5.39. The number of carbonyl (C=O) groups is 1. The van der Waals surface area contributed by atoms with Crippen LogP contribution >= 0.6 is 0 Å². The molecule has 0 aromatic heterocycles. The molecule has 2 atom stereocenters. The molecule has 1 aliphatic rings. The van der Waals surface area contributed by atoms with Gasteiger partial charge in [0.1, 0.15) is 11.9 Å². The highest BCUT2D eigenvalue weighted by molar-refractivity contribution is 6.01. The lowest BCUT2D eigenvalue weighted by molar-refractivity contribution is 0.0953. The number of ketones is 1. The van der Waals surface area contributed by atoms with Crippen molar-refractivity contribution in [3.63, 3.8) is 0 Å². The monoisotopic (exact) mass is 268 g/mol. The lowest BCUT2D eigenvalue weighted by Gasteiger charge is -1.96. The fourth-order valence-corrected chi connectivity index (χ4v) is 2.03. The standard InChI is InChI=1S/C17H13FO2/c18-14-9-7-13(8-10-14)16(19)17-15(20-17)11-6-12-4-2-1-3-5-12/h1-11,15,17H/b11-6+/t15-,17+/m0/s1. The van der Waals surface area contributed by atoms with Gasteiger partial charge in [0, 0.05) is 5.56 Å². The van der Waals surface area contributed by atoms with E-state index in [4.69, 9.17) is 4.74 Å². The number of carbonyl (C=O) groups excluding carboxylic acids is 1. The van der Waals surface area contributed by atoms with E-state index >= 15 is 0 Å². The van der Waals surface area contributed by atoms with Crippen LogP contribution in [0, 0.1) is 5.82 Å². The summed E-state index contributed by atoms with van der Waals surface area (Å²) in [5, 5.41) is 0. The van der Waals surface area contributed by atoms with Crippen LogP contribution in [0.15, 0.2) is 60.7 Å². The lowest BCUT2D eigenvalue weighted by Crippen LogP contribution is -2.09. The molecule has 20 heavy (non-hydrogen) atoms. The molecule has 0 radical (unpaired) electrons. The number of hydrogen-bond donors (Lipinski definition) is 0. The van der Waals surface area contributed by atoms with Crippen molar-refractivity contribution < 1.29 is 13.9 Å². The van der Waals surface area contributed by atoms with Gasteiger partial charge in [-0.15, -0.1) is 0 Å². The zero-order chi connectivity index (χ0) is 13.9. The van der Waals surface area contributed by atoms with Crippen molar-refractivity contribution in [2.75, 3.05) is 0 Å². The lowest BCUT2D eigenvalue weighted by atomic mass is 10.1. The summed E-state index contributed by atoms with van der Waals surface area (Å²) < 4.78 is 18.2. The van der Waals surface area contributed by atoms with Gasteiger partial charge in [0.2, 0.25) is 0 Å². The number of ether oxygens (including phenoxy) is 1. The maximum Gasteiger partial charge on any atom is 0.194 e. The Kier molecular flexibility index (Phi) is 3.44. The Bertz CT molecular complexity index is 632. The van der Waals surface area contributed by atoms with Gasteiger partial charge in [-0.3, -0.25) is 4.79 Å². The van der Waals surface area contributed by atoms with E-state index in [1.807, 2.05) is 42.5 Å². The number of hydrogen-bond acceptors (Lipinski definition) is 2. The highest BCUT2D eigenvalue weighted by atomic mass is 19.1. The molecule has 0 N–H and O–H groups in total. The predicted molar refractivity (Wildman–Crippen MR) is 74.9 cm³/mol. The van der Waals surface area contributed by atoms with E-state index < -0.39 is 6.10 Å². The number of benzene rings is 2. The second-order valence-electron chi connectivity index (χ2n) is 4.66. The third-order valence-corrected chi connectivity index (χ3v) is 3.19. The highest BCUT2D eigenvalue weighted by Crippen LogP contribution is 2.28. The summed E-state index contributed by atoms with van der Waals surface area (Å²) in [4.78, 5) is 12.1. The Hall–Kier alpha value is -2.26. The molecule has 0 amide bonds. The van der Waals surface area contributed by atoms with Crippen molar-refractivity contribution in [3.8, 4) is 0 Å². The van der Waals surface area contributed by atoms with Crippen molar-refractivity contribution in [1.82, 2.24) is 0 Å². The predicted octanol–water partition coefficient (Wildman–Crippen LogP) is 3.49. The van der Waals surface area contributed by atoms with Crippen molar-refractivity contribution in [2.45, 2.75) is 12.2 Å². The molecular weight excluding hydrogens is 255 g/mol. The third kappa shape index (κ3) is 2.83. The van der Waals surface area contributed by atoms with Crippen LogP contribution in [0.5, 0.6) is 0 Å². The van der Waals surface area contributed by atoms with Crippen LogP contribution in [-0.4, -0.2) is 18.0 Å². The average molecular weight is 268 g/mol. The van der Waals surface area contributed by atoms with E-state index in [1.165, 1.54) is 24.3 Å². The fraction of sp³-hybridized carbons (Fsp3) is 0.118. The van der Waals surface area contributed by atoms with Gasteiger partial charge in [-0.05, 0) is 29.8 Å². The van der Waals surface area contributed by atoms with Crippen molar-refractivity contribution in [2.24, 2.45) is 0 Å². The van der Waals surface area contributed by atoms with Crippen molar-refractivity contribution in [3.05, 3.63) is 77.6 Å². The SMILES string of the molecule is O=C(c1ccc(F)cc1)[C@@H]1O[C@H]1/C=C/c1ccccc1. The second-order valence-corrected chi connectivity index (χ2v) is 4.66. The summed E-state index contributed by atoms with van der Waals surface area (Å²) in [6, 6.07) is 15.4. The fourth-order valence-electron chi connectivity index (χ4n) is 2.03. The summed E-state index contributed by atoms with van der Waals surface area (Å²) in [7, 11) is 0. The number of rotatable bonds is 4. The van der Waals surface area contributed by atoms with Gasteiger partial charge in [0.05, 0.1) is 0 Å². The Morgan fingerprint density at radius 3 is 2.45 bits per heavy atom. The normalized spacial score (nSPS) is 21.1. The van der Waals surface area contributed by atoms with Crippen LogP contribution in [0.3, 0.4) is 0 Å². The summed E-state index contributed by atoms with van der Waals surface area (Å²) in [5.74, 6) is -0.452. The van der Waals surface area contributed by atoms with Gasteiger partial charge in [-0.25, -0.2) is 4.39 Å². The van der Waals surface area contributed by atoms with Crippen LogP contribution in [0.1, 0.15) is 15.9 Å². The van der Waals surface area contributed by atoms with E-state index in [-0.39, 0.29) is 17.7 Å². The van der Waals surface area contributed by atoms with Crippen LogP contribution in [0.2, 0.25) is 0 Å². The van der Waals surface area contributed by atoms with E-state index in [0.29, 0.717) is 5.56 Å². The maximum atomic E-state index is 12.8. The molecule has 0 unspecified atom stereocenters. The van der Waals surface area contributed by atoms with E-state index in [1.54, 1.807) is 0 Å². The summed E-state index contributed by atoms with van der Waals surface area (Å²) in [6.45, 7) is 0. The molecule has 1 saturated heterocycles. The smallest absolute Gasteiger partial charge is 0.194 e. The topological polar surface area (TPSA) is 29.6 Å². The van der Waals surface area contributed by atoms with Gasteiger partial charge >= 0.3 is 0 Å². The molecule has 3 heteroatoms. The van der Waals surface area contributed by atoms with Crippen LogP contribution in [0.4, 0.5) is 4.39 Å². The highest BCUT2D eigenvalue weighted by Gasteiger charge is 2.43. The van der Waals surface area contributed by atoms with Crippen molar-refractivity contribution >= 4 is 11.9 Å². The van der Waals surface area contributed by atoms with Crippen LogP contribution < -0.4 is 0 Å². The molecule has 1 heterocycles. The Labute approximate surface area is 116 Å². The van der Waals surface area contributed by atoms with Gasteiger partial charge in [0.25, 0.3) is 0 Å². The molecule has 1 aliphatic heterocycles. The Morgan fingerprint density at radius 2 is 1.75 bits per heavy atom. The number of epoxide rings is 1. The van der Waals surface area contributed by atoms with E-state index in [9.17, 15) is 9.18 Å². The third-order valence-electron chi connectivity index (χ3n) is 3.19. The van der Waals surface area contributed by atoms with Crippen LogP contribution in [-0.2, 0) is 4.74 Å². The zero-order valence-electron chi connectivity index (χ0n) is 10.7. The minimum absolute atomic E-state index is 0.104. The van der Waals surface area contributed by atoms with Crippen LogP contribution in [0.25, 0.3) is 6.08 Å². The first-order valence-corrected chi connectivity index (χ1v) is 6.42. The minimum atomic E-state index is -0.444. The molecule has 2 aromatic carbocycles. The van der Waals surface area contributed by atoms with E-state index in [0.717, 1.165) is 5.56 Å². The van der Waals surface area contributed by atoms with Gasteiger partial charge in [0.15, 0.2) is 11.9 Å². The van der Waals surface area contributed by atoms with Crippen molar-refractivity contribution in [1.29, 1.82) is 0 Å². The molecule has 1 fully saturated rings. The molecule has 2 nitrogen and oxygen atoms in total. The van der Waals surface area contributed by atoms with Gasteiger partial charge in [-0.2, -0.15) is 0 Å². The summed E-state index contributed by atoms with van der Waals surface area (Å²) in [5.41, 5.74) is 1.54. The Morgan fingerprint density at radius 1 is 1.05 bits per heavy atom. The minimum Gasteiger partial charge on any atom is -0.356 e. The first-order chi connectivity index (χ1) is 9.74. The molecule has 0 bridgehead atoms. The molecule has 0 spiro atoms. The maximum absolute atomic E-state index is 12.8. The largest absolute Gasteiger partial charge is 0.356 e. The summed E-state index contributed by atoms with van der Waals surface area (Å²) >= 11 is 0. The number of halogens is 1. The zero-order valence-corrected chi connectivity index (χ0v) is 10.7. The average Bonchev–Trinajstić information content (AvgIpc) is 3.26. The quantitative estimate of drug-likeness (QED) is 0.627. The number of Topliss-reactive ketones (excluding diaryl/α,β-unsaturated/α-hetero) is 1. The van der Waals surface area contributed by atoms with E-state index in [2.05, 4.69) is 0 Å². The molecule has 3 rings (SSSR count). The van der Waals surface area contributed by atoms with Gasteiger partial charge in [-0.1, -0.05) is 42.5 Å². The first-order valence-electron chi connectivity index (χ1n) is 6.42. The Balaban J connectivity index is 1.63. The molecule has 2 aromatic rings. The molecular formula is C17H13FO2. The molecule has 0 aliphatic carbocycles. The molecule has 0 saturated carbocycles. The van der Waals surface area contributed by atoms with Gasteiger partial charge < -0.3 is 4.74 Å². The first kappa shape index (κ1) is 12.8.